The largest absolute Gasteiger partial charge is 0.378 e. The summed E-state index contributed by atoms with van der Waals surface area (Å²) in [5.74, 6) is -0.198. The number of amides is 1. The van der Waals surface area contributed by atoms with E-state index in [2.05, 4.69) is 11.1 Å². The number of pyridine rings is 1. The highest BCUT2D eigenvalue weighted by molar-refractivity contribution is 6.36. The molecular weight excluding hydrogens is 361 g/mol. The molecule has 0 spiro atoms. The van der Waals surface area contributed by atoms with Crippen LogP contribution in [-0.2, 0) is 4.74 Å². The Bertz CT molecular complexity index is 871. The van der Waals surface area contributed by atoms with Crippen molar-refractivity contribution < 1.29 is 9.53 Å². The van der Waals surface area contributed by atoms with Gasteiger partial charge in [-0.1, -0.05) is 23.2 Å². The summed E-state index contributed by atoms with van der Waals surface area (Å²) >= 11 is 12.2. The van der Waals surface area contributed by atoms with E-state index >= 15 is 0 Å². The van der Waals surface area contributed by atoms with Crippen LogP contribution in [-0.4, -0.2) is 42.1 Å². The van der Waals surface area contributed by atoms with Crippen LogP contribution in [0.15, 0.2) is 24.3 Å². The van der Waals surface area contributed by atoms with Crippen LogP contribution in [0.3, 0.4) is 0 Å². The molecule has 0 saturated carbocycles. The summed E-state index contributed by atoms with van der Waals surface area (Å²) in [7, 11) is 0. The number of nitrogens with zero attached hydrogens (tertiary/aromatic N) is 3. The van der Waals surface area contributed by atoms with Gasteiger partial charge in [0, 0.05) is 23.7 Å². The van der Waals surface area contributed by atoms with Crippen LogP contribution in [0.25, 0.3) is 11.3 Å². The van der Waals surface area contributed by atoms with E-state index in [0.29, 0.717) is 58.9 Å². The Hall–Kier alpha value is -2.13. The first-order chi connectivity index (χ1) is 12.0. The summed E-state index contributed by atoms with van der Waals surface area (Å²) < 4.78 is 5.28. The molecule has 1 aromatic carbocycles. The molecule has 0 unspecified atom stereocenters. The van der Waals surface area contributed by atoms with Gasteiger partial charge in [-0.25, -0.2) is 0 Å². The predicted octanol–water partition coefficient (Wildman–Crippen LogP) is 3.71. The van der Waals surface area contributed by atoms with Gasteiger partial charge in [0.1, 0.15) is 6.07 Å². The molecule has 7 heteroatoms. The zero-order valence-corrected chi connectivity index (χ0v) is 15.1. The van der Waals surface area contributed by atoms with Gasteiger partial charge >= 0.3 is 0 Å². The van der Waals surface area contributed by atoms with Gasteiger partial charge < -0.3 is 9.64 Å². The molecule has 5 nitrogen and oxygen atoms in total. The maximum atomic E-state index is 12.9. The molecule has 25 heavy (non-hydrogen) atoms. The molecule has 1 fully saturated rings. The number of rotatable bonds is 2. The number of halogens is 2. The molecule has 3 rings (SSSR count). The number of hydrogen-bond donors (Lipinski definition) is 0. The summed E-state index contributed by atoms with van der Waals surface area (Å²) in [5, 5.41) is 10.4. The molecule has 128 valence electrons. The highest BCUT2D eigenvalue weighted by Gasteiger charge is 2.24. The summed E-state index contributed by atoms with van der Waals surface area (Å²) in [6.45, 7) is 3.70. The van der Waals surface area contributed by atoms with Crippen molar-refractivity contribution in [3.05, 3.63) is 51.1 Å². The maximum Gasteiger partial charge on any atom is 0.255 e. The highest BCUT2D eigenvalue weighted by atomic mass is 35.5. The second-order valence-corrected chi connectivity index (χ2v) is 6.50. The molecule has 1 aliphatic heterocycles. The van der Waals surface area contributed by atoms with Crippen LogP contribution in [0.2, 0.25) is 10.0 Å². The topological polar surface area (TPSA) is 66.2 Å². The number of morpholine rings is 1. The molecule has 2 heterocycles. The van der Waals surface area contributed by atoms with Crippen molar-refractivity contribution in [3.8, 4) is 17.3 Å². The number of carbonyl (C=O) groups is 1. The Labute approximate surface area is 155 Å². The van der Waals surface area contributed by atoms with Gasteiger partial charge in [0.2, 0.25) is 0 Å². The molecule has 0 atom stereocenters. The lowest BCUT2D eigenvalue weighted by Gasteiger charge is -2.27. The Kier molecular flexibility index (Phi) is 5.24. The standard InChI is InChI=1S/C18H15Cl2N3O2/c1-11-15(10-21)14(18(24)23-4-6-25-7-5-23)9-17(22-11)13-3-2-12(19)8-16(13)20/h2-3,8-9H,4-7H2,1H3. The third-order valence-electron chi connectivity index (χ3n) is 4.05. The predicted molar refractivity (Wildman–Crippen MR) is 95.9 cm³/mol. The van der Waals surface area contributed by atoms with Crippen LogP contribution in [0.4, 0.5) is 0 Å². The van der Waals surface area contributed by atoms with E-state index in [1.807, 2.05) is 0 Å². The van der Waals surface area contributed by atoms with Gasteiger partial charge in [0.05, 0.1) is 40.8 Å². The summed E-state index contributed by atoms with van der Waals surface area (Å²) in [4.78, 5) is 19.0. The van der Waals surface area contributed by atoms with E-state index in [9.17, 15) is 10.1 Å². The average molecular weight is 376 g/mol. The number of carbonyl (C=O) groups excluding carboxylic acids is 1. The third kappa shape index (κ3) is 3.62. The van der Waals surface area contributed by atoms with Crippen LogP contribution in [0.5, 0.6) is 0 Å². The second-order valence-electron chi connectivity index (χ2n) is 5.66. The van der Waals surface area contributed by atoms with Gasteiger partial charge in [-0.3, -0.25) is 9.78 Å². The lowest BCUT2D eigenvalue weighted by atomic mass is 10.0. The molecule has 1 saturated heterocycles. The normalized spacial score (nSPS) is 14.2. The Balaban J connectivity index is 2.09. The number of nitriles is 1. The van der Waals surface area contributed by atoms with Crippen molar-refractivity contribution >= 4 is 29.1 Å². The fourth-order valence-electron chi connectivity index (χ4n) is 2.75. The van der Waals surface area contributed by atoms with Crippen molar-refractivity contribution in [2.45, 2.75) is 6.92 Å². The van der Waals surface area contributed by atoms with E-state index in [1.54, 1.807) is 36.1 Å². The first kappa shape index (κ1) is 17.7. The second kappa shape index (κ2) is 7.40. The van der Waals surface area contributed by atoms with Crippen molar-refractivity contribution in [2.24, 2.45) is 0 Å². The zero-order valence-electron chi connectivity index (χ0n) is 13.6. The lowest BCUT2D eigenvalue weighted by Crippen LogP contribution is -2.41. The van der Waals surface area contributed by atoms with Gasteiger partial charge in [-0.15, -0.1) is 0 Å². The summed E-state index contributed by atoms with van der Waals surface area (Å²) in [6.07, 6.45) is 0. The highest BCUT2D eigenvalue weighted by Crippen LogP contribution is 2.31. The minimum atomic E-state index is -0.198. The Morgan fingerprint density at radius 3 is 2.64 bits per heavy atom. The maximum absolute atomic E-state index is 12.9. The zero-order chi connectivity index (χ0) is 18.0. The molecule has 1 aromatic heterocycles. The number of ether oxygens (including phenoxy) is 1. The van der Waals surface area contributed by atoms with Gasteiger partial charge in [0.15, 0.2) is 0 Å². The van der Waals surface area contributed by atoms with Gasteiger partial charge in [-0.05, 0) is 31.2 Å². The van der Waals surface area contributed by atoms with Crippen molar-refractivity contribution in [2.75, 3.05) is 26.3 Å². The molecule has 0 N–H and O–H groups in total. The van der Waals surface area contributed by atoms with E-state index in [0.717, 1.165) is 0 Å². The number of aromatic nitrogens is 1. The fourth-order valence-corrected chi connectivity index (χ4v) is 3.26. The first-order valence-corrected chi connectivity index (χ1v) is 8.51. The first-order valence-electron chi connectivity index (χ1n) is 7.75. The summed E-state index contributed by atoms with van der Waals surface area (Å²) in [6, 6.07) is 8.80. The number of hydrogen-bond acceptors (Lipinski definition) is 4. The van der Waals surface area contributed by atoms with Crippen molar-refractivity contribution in [1.29, 1.82) is 5.26 Å². The molecule has 0 radical (unpaired) electrons. The Morgan fingerprint density at radius 1 is 1.28 bits per heavy atom. The van der Waals surface area contributed by atoms with Crippen LogP contribution < -0.4 is 0 Å². The lowest BCUT2D eigenvalue weighted by molar-refractivity contribution is 0.0302. The molecule has 0 bridgehead atoms. The molecular formula is C18H15Cl2N3O2. The SMILES string of the molecule is Cc1nc(-c2ccc(Cl)cc2Cl)cc(C(=O)N2CCOCC2)c1C#N. The van der Waals surface area contributed by atoms with E-state index in [1.165, 1.54) is 0 Å². The quantitative estimate of drug-likeness (QED) is 0.802. The van der Waals surface area contributed by atoms with E-state index in [-0.39, 0.29) is 11.5 Å². The fraction of sp³-hybridized carbons (Fsp3) is 0.278. The van der Waals surface area contributed by atoms with Gasteiger partial charge in [-0.2, -0.15) is 5.26 Å². The Morgan fingerprint density at radius 2 is 2.00 bits per heavy atom. The molecule has 2 aromatic rings. The molecule has 1 amide bonds. The third-order valence-corrected chi connectivity index (χ3v) is 4.60. The van der Waals surface area contributed by atoms with E-state index < -0.39 is 0 Å². The van der Waals surface area contributed by atoms with Crippen LogP contribution in [0, 0.1) is 18.3 Å². The van der Waals surface area contributed by atoms with Crippen molar-refractivity contribution in [1.82, 2.24) is 9.88 Å². The smallest absolute Gasteiger partial charge is 0.255 e. The van der Waals surface area contributed by atoms with E-state index in [4.69, 9.17) is 27.9 Å². The van der Waals surface area contributed by atoms with Crippen LogP contribution in [0.1, 0.15) is 21.6 Å². The minimum Gasteiger partial charge on any atom is -0.378 e. The van der Waals surface area contributed by atoms with Crippen LogP contribution >= 0.6 is 23.2 Å². The minimum absolute atomic E-state index is 0.198. The van der Waals surface area contributed by atoms with Gasteiger partial charge in [0.25, 0.3) is 5.91 Å². The molecule has 1 aliphatic rings. The monoisotopic (exact) mass is 375 g/mol. The molecule has 0 aliphatic carbocycles. The summed E-state index contributed by atoms with van der Waals surface area (Å²) in [5.41, 5.74) is 2.30. The number of benzene rings is 1. The van der Waals surface area contributed by atoms with Crippen molar-refractivity contribution in [3.63, 3.8) is 0 Å². The number of aryl methyl sites for hydroxylation is 1. The average Bonchev–Trinajstić information content (AvgIpc) is 2.61.